The molecule has 0 bridgehead atoms. The summed E-state index contributed by atoms with van der Waals surface area (Å²) in [7, 11) is 0. The first kappa shape index (κ1) is 35.3. The number of aliphatic hydroxyl groups excluding tert-OH is 10. The Labute approximate surface area is 249 Å². The zero-order valence-electron chi connectivity index (χ0n) is 19.7. The molecule has 37 heavy (non-hydrogen) atoms. The van der Waals surface area contributed by atoms with Crippen LogP contribution in [0.1, 0.15) is 0 Å². The predicted molar refractivity (Wildman–Crippen MR) is 114 cm³/mol. The van der Waals surface area contributed by atoms with Crippen LogP contribution < -0.4 is 0 Å². The largest absolute Gasteiger partial charge is 0.544 e. The molecule has 15 nitrogen and oxygen atoms in total. The second-order valence-electron chi connectivity index (χ2n) is 8.28. The van der Waals surface area contributed by atoms with Crippen LogP contribution in [0.5, 0.6) is 0 Å². The molecule has 0 saturated carbocycles. The minimum atomic E-state index is -1.85. The molecule has 213 valence electrons. The Morgan fingerprint density at radius 1 is 0.676 bits per heavy atom. The molecule has 14 atom stereocenters. The minimum Gasteiger partial charge on any atom is -0.544 e. The number of aliphatic hydroxyl groups is 10. The van der Waals surface area contributed by atoms with E-state index in [1.807, 2.05) is 5.92 Å². The fourth-order valence-electron chi connectivity index (χ4n) is 3.89. The molecule has 0 aliphatic carbocycles. The van der Waals surface area contributed by atoms with Crippen molar-refractivity contribution in [1.82, 2.24) is 0 Å². The molecule has 0 spiro atoms. The molecule has 0 aromatic heterocycles. The van der Waals surface area contributed by atoms with Gasteiger partial charge in [-0.2, -0.15) is 13.5 Å². The van der Waals surface area contributed by atoms with Crippen LogP contribution in [0.2, 0.25) is 0 Å². The average molecular weight is 753 g/mol. The molecule has 3 saturated heterocycles. The van der Waals surface area contributed by atoms with E-state index < -0.39 is 106 Å². The third-order valence-electron chi connectivity index (χ3n) is 5.88. The Morgan fingerprint density at radius 3 is 1.59 bits per heavy atom. The molecule has 3 aliphatic heterocycles. The first-order chi connectivity index (χ1) is 17.1. The normalized spacial score (nSPS) is 46.1. The Morgan fingerprint density at radius 2 is 1.11 bits per heavy atom. The number of ether oxygens (including phenoxy) is 5. The number of hydrogen-bond donors (Lipinski definition) is 10. The van der Waals surface area contributed by atoms with Crippen molar-refractivity contribution in [2.45, 2.75) is 85.8 Å². The van der Waals surface area contributed by atoms with E-state index in [1.165, 1.54) is 0 Å². The average Bonchev–Trinajstić information content (AvgIpc) is 2.86. The van der Waals surface area contributed by atoms with Crippen molar-refractivity contribution < 1.29 is 119 Å². The molecular weight excluding hydrogens is 719 g/mol. The molecule has 3 rings (SSSR count). The maximum Gasteiger partial charge on any atom is 0.187 e. The SMILES string of the molecule is C#C[CH2-].OCC1O[C@H](O[C@@H]2C(CO)O[C@H](O[C@@H]3C(CO)O[CH-]C(O)[C@H]3O)C(O)[C@H]2O)C(O)[C@@H](O)[C@@H]1O.[Ac]. The second-order valence-corrected chi connectivity index (χ2v) is 8.28. The molecule has 6 unspecified atom stereocenters. The Balaban J connectivity index is 0.00000163. The van der Waals surface area contributed by atoms with Crippen LogP contribution in [0.4, 0.5) is 0 Å². The van der Waals surface area contributed by atoms with Gasteiger partial charge in [0.15, 0.2) is 12.6 Å². The van der Waals surface area contributed by atoms with Crippen LogP contribution >= 0.6 is 0 Å². The Hall–Kier alpha value is 0.272. The summed E-state index contributed by atoms with van der Waals surface area (Å²) < 4.78 is 26.6. The molecule has 0 aromatic carbocycles. The van der Waals surface area contributed by atoms with Gasteiger partial charge in [0, 0.05) is 44.1 Å². The molecular formula is C21H34AcO15-2. The maximum atomic E-state index is 10.6. The van der Waals surface area contributed by atoms with Gasteiger partial charge in [-0.3, -0.25) is 0 Å². The predicted octanol–water partition coefficient (Wildman–Crippen LogP) is -6.28. The smallest absolute Gasteiger partial charge is 0.187 e. The summed E-state index contributed by atoms with van der Waals surface area (Å²) in [5.41, 5.74) is 0. The van der Waals surface area contributed by atoms with Gasteiger partial charge in [0.2, 0.25) is 0 Å². The van der Waals surface area contributed by atoms with E-state index in [1.54, 1.807) is 0 Å². The minimum absolute atomic E-state index is 0. The first-order valence-corrected chi connectivity index (χ1v) is 11.0. The van der Waals surface area contributed by atoms with Gasteiger partial charge in [0.25, 0.3) is 0 Å². The summed E-state index contributed by atoms with van der Waals surface area (Å²) in [6.07, 6.45) is -17.5. The zero-order chi connectivity index (χ0) is 27.2. The van der Waals surface area contributed by atoms with Crippen LogP contribution in [0.3, 0.4) is 0 Å². The molecule has 3 fully saturated rings. The van der Waals surface area contributed by atoms with E-state index in [9.17, 15) is 51.1 Å². The summed E-state index contributed by atoms with van der Waals surface area (Å²) in [6.45, 7) is 1.79. The van der Waals surface area contributed by atoms with Crippen molar-refractivity contribution >= 4 is 0 Å². The third kappa shape index (κ3) is 8.39. The molecule has 3 aliphatic rings. The van der Waals surface area contributed by atoms with Crippen LogP contribution in [0.25, 0.3) is 0 Å². The Kier molecular flexibility index (Phi) is 15.8. The fraction of sp³-hybridized carbons (Fsp3) is 0.810. The van der Waals surface area contributed by atoms with Gasteiger partial charge in [-0.25, -0.2) is 0 Å². The quantitative estimate of drug-likeness (QED) is 0.0859. The molecule has 3 heterocycles. The Bertz CT molecular complexity index is 691. The maximum absolute atomic E-state index is 10.6. The second kappa shape index (κ2) is 16.5. The van der Waals surface area contributed by atoms with Gasteiger partial charge >= 0.3 is 0 Å². The summed E-state index contributed by atoms with van der Waals surface area (Å²) in [5, 5.41) is 99.3. The molecule has 0 amide bonds. The van der Waals surface area contributed by atoms with E-state index in [0.29, 0.717) is 0 Å². The van der Waals surface area contributed by atoms with Crippen LogP contribution in [0, 0.1) is 69.9 Å². The molecule has 10 N–H and O–H groups in total. The standard InChI is InChI=1S/C18H31O15.C3H3.Ac/c19-1-6-10(24)11(25)13(27)17(30-6)33-16-8(3-21)31-18(14(28)12(16)26)32-15-7(2-20)29-4-5(22)9(15)23;1-3-2;/h4-28H,1-3H2;1H,2H2;/q2*-1;/t5?,6?,7?,8?,9-,10-,11+,12-,13?,14?,15-,16-,17-,18-;;/m1../s1. The summed E-state index contributed by atoms with van der Waals surface area (Å²) >= 11 is 0. The van der Waals surface area contributed by atoms with Crippen molar-refractivity contribution in [2.24, 2.45) is 0 Å². The fourth-order valence-corrected chi connectivity index (χ4v) is 3.89. The van der Waals surface area contributed by atoms with Gasteiger partial charge in [-0.15, -0.1) is 0 Å². The van der Waals surface area contributed by atoms with E-state index in [0.717, 1.165) is 6.61 Å². The van der Waals surface area contributed by atoms with E-state index in [-0.39, 0.29) is 44.1 Å². The van der Waals surface area contributed by atoms with Gasteiger partial charge in [0.1, 0.15) is 54.9 Å². The summed E-state index contributed by atoms with van der Waals surface area (Å²) in [4.78, 5) is 0. The molecule has 0 aromatic rings. The topological polar surface area (TPSA) is 248 Å². The number of terminal acetylenes is 1. The van der Waals surface area contributed by atoms with Gasteiger partial charge in [0.05, 0.1) is 32.0 Å². The molecule has 16 heteroatoms. The van der Waals surface area contributed by atoms with Crippen molar-refractivity contribution in [1.29, 1.82) is 0 Å². The van der Waals surface area contributed by atoms with E-state index in [2.05, 4.69) is 13.3 Å². The monoisotopic (exact) mass is 753 g/mol. The van der Waals surface area contributed by atoms with Crippen molar-refractivity contribution in [3.8, 4) is 12.3 Å². The number of rotatable bonds is 7. The van der Waals surface area contributed by atoms with Gasteiger partial charge < -0.3 is 87.1 Å². The van der Waals surface area contributed by atoms with E-state index in [4.69, 9.17) is 23.7 Å². The summed E-state index contributed by atoms with van der Waals surface area (Å²) in [5.74, 6) is 2.00. The van der Waals surface area contributed by atoms with Crippen molar-refractivity contribution in [3.05, 3.63) is 13.5 Å². The van der Waals surface area contributed by atoms with Crippen LogP contribution in [-0.4, -0.2) is 157 Å². The van der Waals surface area contributed by atoms with Crippen LogP contribution in [-0.2, 0) is 23.7 Å². The molecule has 1 radical (unpaired) electrons. The van der Waals surface area contributed by atoms with Crippen molar-refractivity contribution in [3.63, 3.8) is 0 Å². The first-order valence-electron chi connectivity index (χ1n) is 11.0. The summed E-state index contributed by atoms with van der Waals surface area (Å²) in [6, 6.07) is 0. The van der Waals surface area contributed by atoms with Crippen LogP contribution in [0.15, 0.2) is 0 Å². The van der Waals surface area contributed by atoms with Gasteiger partial charge in [-0.1, -0.05) is 0 Å². The van der Waals surface area contributed by atoms with E-state index >= 15 is 0 Å². The van der Waals surface area contributed by atoms with Crippen molar-refractivity contribution in [2.75, 3.05) is 19.8 Å². The van der Waals surface area contributed by atoms with Gasteiger partial charge in [-0.05, 0) is 6.10 Å². The number of hydrogen-bond acceptors (Lipinski definition) is 15. The third-order valence-corrected chi connectivity index (χ3v) is 5.88. The zero-order valence-corrected chi connectivity index (χ0v) is 24.4.